The van der Waals surface area contributed by atoms with Gasteiger partial charge in [0, 0.05) is 31.8 Å². The topological polar surface area (TPSA) is 61.4 Å². The molecule has 0 spiro atoms. The maximum Gasteiger partial charge on any atom is 0.269 e. The van der Waals surface area contributed by atoms with Crippen LogP contribution in [-0.2, 0) is 17.6 Å². The van der Waals surface area contributed by atoms with Crippen LogP contribution in [0.4, 0.5) is 5.69 Å². The van der Waals surface area contributed by atoms with Crippen LogP contribution in [0.1, 0.15) is 34.8 Å². The molecule has 0 saturated heterocycles. The van der Waals surface area contributed by atoms with Crippen LogP contribution < -0.4 is 15.8 Å². The molecule has 2 rings (SSSR count). The molecular formula is C20H25N3O2. The Hall–Kier alpha value is -2.82. The second-order valence-corrected chi connectivity index (χ2v) is 6.12. The third kappa shape index (κ3) is 5.64. The van der Waals surface area contributed by atoms with Crippen LogP contribution in [0.25, 0.3) is 0 Å². The van der Waals surface area contributed by atoms with Gasteiger partial charge in [0.15, 0.2) is 0 Å². The number of rotatable bonds is 6. The maximum atomic E-state index is 12.1. The summed E-state index contributed by atoms with van der Waals surface area (Å²) in [5.41, 5.74) is 8.75. The molecule has 0 aromatic heterocycles. The number of aryl methyl sites for hydroxylation is 2. The SMILES string of the molecule is CCc1ccc(CCC(=O)NNC(=O)c2cccc(N(C)C)c2)cc1. The first-order valence-electron chi connectivity index (χ1n) is 8.44. The Morgan fingerprint density at radius 3 is 2.28 bits per heavy atom. The van der Waals surface area contributed by atoms with E-state index in [2.05, 4.69) is 29.9 Å². The number of hydrogen-bond donors (Lipinski definition) is 2. The minimum absolute atomic E-state index is 0.211. The number of anilines is 1. The van der Waals surface area contributed by atoms with Crippen molar-refractivity contribution in [2.24, 2.45) is 0 Å². The largest absolute Gasteiger partial charge is 0.378 e. The molecule has 5 nitrogen and oxygen atoms in total. The zero-order valence-electron chi connectivity index (χ0n) is 15.0. The molecule has 0 bridgehead atoms. The number of amides is 2. The van der Waals surface area contributed by atoms with Crippen molar-refractivity contribution in [3.8, 4) is 0 Å². The lowest BCUT2D eigenvalue weighted by atomic mass is 10.1. The standard InChI is InChI=1S/C20H25N3O2/c1-4-15-8-10-16(11-9-15)12-13-19(24)21-22-20(25)17-6-5-7-18(14-17)23(2)3/h5-11,14H,4,12-13H2,1-3H3,(H,21,24)(H,22,25). The molecule has 0 aliphatic carbocycles. The first kappa shape index (κ1) is 18.5. The quantitative estimate of drug-likeness (QED) is 0.796. The van der Waals surface area contributed by atoms with Crippen LogP contribution in [0.5, 0.6) is 0 Å². The summed E-state index contributed by atoms with van der Waals surface area (Å²) in [7, 11) is 3.82. The molecule has 0 saturated carbocycles. The van der Waals surface area contributed by atoms with Crippen molar-refractivity contribution in [2.45, 2.75) is 26.2 Å². The number of hydrazine groups is 1. The van der Waals surface area contributed by atoms with E-state index in [1.54, 1.807) is 12.1 Å². The molecule has 0 radical (unpaired) electrons. The van der Waals surface area contributed by atoms with Gasteiger partial charge >= 0.3 is 0 Å². The molecule has 132 valence electrons. The second kappa shape index (κ2) is 8.87. The van der Waals surface area contributed by atoms with Gasteiger partial charge in [-0.05, 0) is 42.2 Å². The highest BCUT2D eigenvalue weighted by molar-refractivity contribution is 5.96. The second-order valence-electron chi connectivity index (χ2n) is 6.12. The first-order valence-corrected chi connectivity index (χ1v) is 8.44. The van der Waals surface area contributed by atoms with Gasteiger partial charge in [-0.1, -0.05) is 37.3 Å². The molecule has 0 unspecified atom stereocenters. The normalized spacial score (nSPS) is 10.2. The van der Waals surface area contributed by atoms with Crippen LogP contribution >= 0.6 is 0 Å². The summed E-state index contributed by atoms with van der Waals surface area (Å²) >= 11 is 0. The summed E-state index contributed by atoms with van der Waals surface area (Å²) in [6.07, 6.45) is 1.97. The monoisotopic (exact) mass is 339 g/mol. The van der Waals surface area contributed by atoms with E-state index in [9.17, 15) is 9.59 Å². The van der Waals surface area contributed by atoms with E-state index in [4.69, 9.17) is 0 Å². The van der Waals surface area contributed by atoms with Crippen molar-refractivity contribution in [3.05, 3.63) is 65.2 Å². The van der Waals surface area contributed by atoms with Gasteiger partial charge in [0.25, 0.3) is 5.91 Å². The fourth-order valence-electron chi connectivity index (χ4n) is 2.39. The predicted octanol–water partition coefficient (Wildman–Crippen LogP) is 2.71. The molecule has 0 atom stereocenters. The summed E-state index contributed by atoms with van der Waals surface area (Å²) in [5.74, 6) is -0.541. The summed E-state index contributed by atoms with van der Waals surface area (Å²) in [6, 6.07) is 15.4. The van der Waals surface area contributed by atoms with Crippen molar-refractivity contribution in [1.29, 1.82) is 0 Å². The summed E-state index contributed by atoms with van der Waals surface area (Å²) in [5, 5.41) is 0. The fourth-order valence-corrected chi connectivity index (χ4v) is 2.39. The van der Waals surface area contributed by atoms with Gasteiger partial charge in [-0.3, -0.25) is 20.4 Å². The fraction of sp³-hybridized carbons (Fsp3) is 0.300. The van der Waals surface area contributed by atoms with Crippen molar-refractivity contribution < 1.29 is 9.59 Å². The molecule has 0 aliphatic rings. The highest BCUT2D eigenvalue weighted by Gasteiger charge is 2.09. The molecular weight excluding hydrogens is 314 g/mol. The van der Waals surface area contributed by atoms with Crippen LogP contribution in [-0.4, -0.2) is 25.9 Å². The van der Waals surface area contributed by atoms with E-state index in [0.29, 0.717) is 18.4 Å². The molecule has 2 N–H and O–H groups in total. The lowest BCUT2D eigenvalue weighted by Gasteiger charge is -2.13. The van der Waals surface area contributed by atoms with Crippen LogP contribution in [0.3, 0.4) is 0 Å². The lowest BCUT2D eigenvalue weighted by Crippen LogP contribution is -2.41. The third-order valence-electron chi connectivity index (χ3n) is 4.01. The van der Waals surface area contributed by atoms with E-state index in [0.717, 1.165) is 17.7 Å². The van der Waals surface area contributed by atoms with Crippen molar-refractivity contribution >= 4 is 17.5 Å². The zero-order valence-corrected chi connectivity index (χ0v) is 15.0. The predicted molar refractivity (Wildman–Crippen MR) is 101 cm³/mol. The molecule has 5 heteroatoms. The third-order valence-corrected chi connectivity index (χ3v) is 4.01. The van der Waals surface area contributed by atoms with E-state index in [1.165, 1.54) is 5.56 Å². The van der Waals surface area contributed by atoms with Gasteiger partial charge in [0.1, 0.15) is 0 Å². The summed E-state index contributed by atoms with van der Waals surface area (Å²) in [4.78, 5) is 26.0. The van der Waals surface area contributed by atoms with E-state index in [1.807, 2.05) is 43.3 Å². The van der Waals surface area contributed by atoms with E-state index >= 15 is 0 Å². The molecule has 0 heterocycles. The van der Waals surface area contributed by atoms with Gasteiger partial charge < -0.3 is 4.90 Å². The maximum absolute atomic E-state index is 12.1. The number of nitrogens with zero attached hydrogens (tertiary/aromatic N) is 1. The number of nitrogens with one attached hydrogen (secondary N) is 2. The molecule has 2 aromatic rings. The molecule has 2 amide bonds. The molecule has 2 aromatic carbocycles. The Labute approximate surface area is 149 Å². The van der Waals surface area contributed by atoms with E-state index in [-0.39, 0.29) is 11.8 Å². The number of hydrogen-bond acceptors (Lipinski definition) is 3. The smallest absolute Gasteiger partial charge is 0.269 e. The van der Waals surface area contributed by atoms with Crippen molar-refractivity contribution in [2.75, 3.05) is 19.0 Å². The molecule has 0 aliphatic heterocycles. The molecule has 25 heavy (non-hydrogen) atoms. The van der Waals surface area contributed by atoms with Crippen LogP contribution in [0.15, 0.2) is 48.5 Å². The van der Waals surface area contributed by atoms with Gasteiger partial charge in [0.05, 0.1) is 0 Å². The van der Waals surface area contributed by atoms with Gasteiger partial charge in [0.2, 0.25) is 5.91 Å². The summed E-state index contributed by atoms with van der Waals surface area (Å²) in [6.45, 7) is 2.11. The first-order chi connectivity index (χ1) is 12.0. The van der Waals surface area contributed by atoms with Crippen LogP contribution in [0.2, 0.25) is 0 Å². The highest BCUT2D eigenvalue weighted by atomic mass is 16.2. The van der Waals surface area contributed by atoms with Gasteiger partial charge in [-0.2, -0.15) is 0 Å². The number of benzene rings is 2. The minimum atomic E-state index is -0.329. The average molecular weight is 339 g/mol. The Bertz CT molecular complexity index is 724. The summed E-state index contributed by atoms with van der Waals surface area (Å²) < 4.78 is 0. The minimum Gasteiger partial charge on any atom is -0.378 e. The Morgan fingerprint density at radius 2 is 1.64 bits per heavy atom. The Morgan fingerprint density at radius 1 is 0.960 bits per heavy atom. The zero-order chi connectivity index (χ0) is 18.2. The number of carbonyl (C=O) groups excluding carboxylic acids is 2. The average Bonchev–Trinajstić information content (AvgIpc) is 2.64. The van der Waals surface area contributed by atoms with Crippen LogP contribution in [0, 0.1) is 0 Å². The van der Waals surface area contributed by atoms with E-state index < -0.39 is 0 Å². The van der Waals surface area contributed by atoms with Gasteiger partial charge in [-0.25, -0.2) is 0 Å². The molecule has 0 fully saturated rings. The van der Waals surface area contributed by atoms with Gasteiger partial charge in [-0.15, -0.1) is 0 Å². The highest BCUT2D eigenvalue weighted by Crippen LogP contribution is 2.13. The number of carbonyl (C=O) groups is 2. The van der Waals surface area contributed by atoms with Crippen molar-refractivity contribution in [1.82, 2.24) is 10.9 Å². The Kier molecular flexibility index (Phi) is 6.57. The Balaban J connectivity index is 1.80. The van der Waals surface area contributed by atoms with Crippen molar-refractivity contribution in [3.63, 3.8) is 0 Å². The lowest BCUT2D eigenvalue weighted by molar-refractivity contribution is -0.121.